The molecule has 1 amide bonds. The Morgan fingerprint density at radius 2 is 1.95 bits per heavy atom. The van der Waals surface area contributed by atoms with E-state index in [2.05, 4.69) is 0 Å². The van der Waals surface area contributed by atoms with Gasteiger partial charge in [-0.25, -0.2) is 4.79 Å². The zero-order chi connectivity index (χ0) is 15.0. The van der Waals surface area contributed by atoms with Crippen molar-refractivity contribution in [1.82, 2.24) is 0 Å². The van der Waals surface area contributed by atoms with Crippen molar-refractivity contribution in [3.05, 3.63) is 64.7 Å². The van der Waals surface area contributed by atoms with Gasteiger partial charge in [0.15, 0.2) is 0 Å². The second-order valence-electron chi connectivity index (χ2n) is 4.87. The molecular weight excluding hydrogens is 290 g/mol. The van der Waals surface area contributed by atoms with E-state index in [1.807, 2.05) is 0 Å². The number of hydrogen-bond donors (Lipinski definition) is 1. The van der Waals surface area contributed by atoms with Crippen LogP contribution in [0.4, 0.5) is 5.69 Å². The van der Waals surface area contributed by atoms with Crippen molar-refractivity contribution < 1.29 is 14.7 Å². The second-order valence-corrected chi connectivity index (χ2v) is 5.31. The van der Waals surface area contributed by atoms with Gasteiger partial charge >= 0.3 is 5.97 Å². The molecule has 1 N–H and O–H groups in total. The standard InChI is InChI=1S/C16H12ClNO3/c17-11-5-3-6-12(9-11)18-14(16(20)21)8-10-4-1-2-7-13(10)15(18)19/h1-7,9,14H,8H2,(H,20,21). The number of carboxylic acid groups (broad SMARTS) is 1. The highest BCUT2D eigenvalue weighted by atomic mass is 35.5. The Balaban J connectivity index is 2.13. The predicted octanol–water partition coefficient (Wildman–Crippen LogP) is 3.00. The van der Waals surface area contributed by atoms with Gasteiger partial charge in [0.25, 0.3) is 5.91 Å². The molecule has 0 spiro atoms. The fourth-order valence-electron chi connectivity index (χ4n) is 2.60. The summed E-state index contributed by atoms with van der Waals surface area (Å²) in [6.45, 7) is 0. The van der Waals surface area contributed by atoms with Gasteiger partial charge in [-0.3, -0.25) is 9.69 Å². The number of hydrogen-bond acceptors (Lipinski definition) is 2. The normalized spacial score (nSPS) is 17.5. The maximum atomic E-state index is 12.7. The SMILES string of the molecule is O=C(O)C1Cc2ccccc2C(=O)N1c1cccc(Cl)c1. The van der Waals surface area contributed by atoms with Crippen LogP contribution in [-0.2, 0) is 11.2 Å². The van der Waals surface area contributed by atoms with Crippen LogP contribution in [0, 0.1) is 0 Å². The van der Waals surface area contributed by atoms with E-state index in [4.69, 9.17) is 11.6 Å². The topological polar surface area (TPSA) is 57.6 Å². The highest BCUT2D eigenvalue weighted by Gasteiger charge is 2.37. The third kappa shape index (κ3) is 2.38. The molecule has 0 radical (unpaired) electrons. The number of aliphatic carboxylic acids is 1. The van der Waals surface area contributed by atoms with E-state index >= 15 is 0 Å². The number of carbonyl (C=O) groups is 2. The highest BCUT2D eigenvalue weighted by molar-refractivity contribution is 6.31. The molecule has 21 heavy (non-hydrogen) atoms. The molecule has 0 aliphatic carbocycles. The molecule has 2 aromatic rings. The zero-order valence-electron chi connectivity index (χ0n) is 11.0. The van der Waals surface area contributed by atoms with E-state index in [-0.39, 0.29) is 12.3 Å². The van der Waals surface area contributed by atoms with Crippen molar-refractivity contribution in [1.29, 1.82) is 0 Å². The molecule has 0 bridgehead atoms. The summed E-state index contributed by atoms with van der Waals surface area (Å²) in [5, 5.41) is 9.92. The Morgan fingerprint density at radius 1 is 1.19 bits per heavy atom. The Hall–Kier alpha value is -2.33. The average molecular weight is 302 g/mol. The van der Waals surface area contributed by atoms with Crippen molar-refractivity contribution in [2.45, 2.75) is 12.5 Å². The summed E-state index contributed by atoms with van der Waals surface area (Å²) in [4.78, 5) is 25.5. The summed E-state index contributed by atoms with van der Waals surface area (Å²) in [7, 11) is 0. The average Bonchev–Trinajstić information content (AvgIpc) is 2.47. The third-order valence-electron chi connectivity index (χ3n) is 3.56. The maximum absolute atomic E-state index is 12.7. The van der Waals surface area contributed by atoms with Crippen molar-refractivity contribution >= 4 is 29.2 Å². The molecule has 1 aliphatic heterocycles. The third-order valence-corrected chi connectivity index (χ3v) is 3.80. The van der Waals surface area contributed by atoms with Crippen LogP contribution >= 0.6 is 11.6 Å². The molecule has 0 fully saturated rings. The van der Waals surface area contributed by atoms with Crippen LogP contribution in [0.1, 0.15) is 15.9 Å². The van der Waals surface area contributed by atoms with Gasteiger partial charge in [0.1, 0.15) is 6.04 Å². The molecule has 5 heteroatoms. The van der Waals surface area contributed by atoms with E-state index < -0.39 is 12.0 Å². The molecule has 3 rings (SSSR count). The van der Waals surface area contributed by atoms with Crippen molar-refractivity contribution in [3.63, 3.8) is 0 Å². The minimum Gasteiger partial charge on any atom is -0.480 e. The summed E-state index contributed by atoms with van der Waals surface area (Å²) >= 11 is 5.95. The molecule has 2 aromatic carbocycles. The number of carboxylic acids is 1. The lowest BCUT2D eigenvalue weighted by Crippen LogP contribution is -2.50. The number of halogens is 1. The van der Waals surface area contributed by atoms with Crippen LogP contribution in [0.25, 0.3) is 0 Å². The van der Waals surface area contributed by atoms with Crippen molar-refractivity contribution in [2.24, 2.45) is 0 Å². The lowest BCUT2D eigenvalue weighted by molar-refractivity contribution is -0.138. The number of amides is 1. The molecule has 0 saturated carbocycles. The van der Waals surface area contributed by atoms with Crippen molar-refractivity contribution in [3.8, 4) is 0 Å². The molecule has 1 atom stereocenters. The highest BCUT2D eigenvalue weighted by Crippen LogP contribution is 2.30. The molecule has 1 heterocycles. The summed E-state index contributed by atoms with van der Waals surface area (Å²) in [5.74, 6) is -1.34. The minimum atomic E-state index is -1.03. The van der Waals surface area contributed by atoms with Crippen LogP contribution < -0.4 is 4.90 Å². The first kappa shape index (κ1) is 13.6. The minimum absolute atomic E-state index is 0.282. The molecule has 0 saturated heterocycles. The van der Waals surface area contributed by atoms with E-state index in [0.717, 1.165) is 5.56 Å². The molecule has 0 aromatic heterocycles. The molecule has 106 valence electrons. The summed E-state index contributed by atoms with van der Waals surface area (Å²) in [6, 6.07) is 12.8. The van der Waals surface area contributed by atoms with Gasteiger partial charge in [-0.15, -0.1) is 0 Å². The van der Waals surface area contributed by atoms with Crippen molar-refractivity contribution in [2.75, 3.05) is 4.90 Å². The van der Waals surface area contributed by atoms with Gasteiger partial charge < -0.3 is 5.11 Å². The Kier molecular flexibility index (Phi) is 3.39. The first-order valence-electron chi connectivity index (χ1n) is 6.48. The van der Waals surface area contributed by atoms with E-state index in [0.29, 0.717) is 16.3 Å². The van der Waals surface area contributed by atoms with Gasteiger partial charge in [-0.05, 0) is 29.8 Å². The van der Waals surface area contributed by atoms with Gasteiger partial charge in [0.2, 0.25) is 0 Å². The van der Waals surface area contributed by atoms with Crippen LogP contribution in [0.2, 0.25) is 5.02 Å². The maximum Gasteiger partial charge on any atom is 0.327 e. The smallest absolute Gasteiger partial charge is 0.327 e. The van der Waals surface area contributed by atoms with Crippen LogP contribution in [0.5, 0.6) is 0 Å². The Labute approximate surface area is 126 Å². The first-order valence-corrected chi connectivity index (χ1v) is 6.85. The number of anilines is 1. The molecule has 1 aliphatic rings. The predicted molar refractivity (Wildman–Crippen MR) is 79.8 cm³/mol. The Morgan fingerprint density at radius 3 is 2.67 bits per heavy atom. The fraction of sp³-hybridized carbons (Fsp3) is 0.125. The summed E-state index contributed by atoms with van der Waals surface area (Å²) in [6.07, 6.45) is 0.282. The number of benzene rings is 2. The van der Waals surface area contributed by atoms with E-state index in [1.54, 1.807) is 48.5 Å². The number of rotatable bonds is 2. The number of fused-ring (bicyclic) bond motifs is 1. The van der Waals surface area contributed by atoms with Gasteiger partial charge in [0, 0.05) is 22.7 Å². The molecule has 1 unspecified atom stereocenters. The van der Waals surface area contributed by atoms with E-state index in [9.17, 15) is 14.7 Å². The van der Waals surface area contributed by atoms with Crippen LogP contribution in [-0.4, -0.2) is 23.0 Å². The first-order chi connectivity index (χ1) is 10.1. The van der Waals surface area contributed by atoms with Crippen LogP contribution in [0.15, 0.2) is 48.5 Å². The quantitative estimate of drug-likeness (QED) is 0.927. The Bertz CT molecular complexity index is 729. The summed E-state index contributed by atoms with van der Waals surface area (Å²) < 4.78 is 0. The molecular formula is C16H12ClNO3. The number of carbonyl (C=O) groups excluding carboxylic acids is 1. The second kappa shape index (κ2) is 5.22. The number of nitrogens with zero attached hydrogens (tertiary/aromatic N) is 1. The van der Waals surface area contributed by atoms with E-state index in [1.165, 1.54) is 4.90 Å². The fourth-order valence-corrected chi connectivity index (χ4v) is 2.78. The zero-order valence-corrected chi connectivity index (χ0v) is 11.7. The largest absolute Gasteiger partial charge is 0.480 e. The molecule has 4 nitrogen and oxygen atoms in total. The monoisotopic (exact) mass is 301 g/mol. The van der Waals surface area contributed by atoms with Gasteiger partial charge in [0.05, 0.1) is 0 Å². The van der Waals surface area contributed by atoms with Gasteiger partial charge in [-0.2, -0.15) is 0 Å². The lowest BCUT2D eigenvalue weighted by atomic mass is 9.93. The lowest BCUT2D eigenvalue weighted by Gasteiger charge is -2.34. The van der Waals surface area contributed by atoms with Gasteiger partial charge in [-0.1, -0.05) is 35.9 Å². The van der Waals surface area contributed by atoms with Crippen LogP contribution in [0.3, 0.4) is 0 Å². The summed E-state index contributed by atoms with van der Waals surface area (Å²) in [5.41, 5.74) is 1.79.